The van der Waals surface area contributed by atoms with E-state index in [1.54, 1.807) is 19.2 Å². The van der Waals surface area contributed by atoms with Gasteiger partial charge in [-0.2, -0.15) is 0 Å². The molecule has 32 heavy (non-hydrogen) atoms. The monoisotopic (exact) mass is 429 g/mol. The predicted octanol–water partition coefficient (Wildman–Crippen LogP) is 5.10. The fraction of sp³-hybridized carbons (Fsp3) is 0.154. The third-order valence-electron chi connectivity index (χ3n) is 5.23. The van der Waals surface area contributed by atoms with Crippen molar-refractivity contribution in [2.75, 3.05) is 19.0 Å². The van der Waals surface area contributed by atoms with E-state index in [1.807, 2.05) is 62.4 Å². The molecule has 6 heteroatoms. The first-order chi connectivity index (χ1) is 15.4. The molecule has 0 atom stereocenters. The number of ether oxygens (including phenoxy) is 2. The Balaban J connectivity index is 1.55. The molecule has 0 radical (unpaired) electrons. The number of methoxy groups -OCH3 is 1. The summed E-state index contributed by atoms with van der Waals surface area (Å²) in [6.45, 7) is 3.71. The van der Waals surface area contributed by atoms with Gasteiger partial charge in [-0.1, -0.05) is 30.3 Å². The first-order valence-electron chi connectivity index (χ1n) is 10.2. The number of carbonyl (C=O) groups excluding carboxylic acids is 1. The number of rotatable bonds is 6. The number of anilines is 1. The lowest BCUT2D eigenvalue weighted by atomic mass is 10.0. The normalized spacial score (nSPS) is 10.7. The van der Waals surface area contributed by atoms with Crippen LogP contribution in [0.15, 0.2) is 75.9 Å². The van der Waals surface area contributed by atoms with Crippen molar-refractivity contribution in [2.24, 2.45) is 0 Å². The molecule has 0 aliphatic heterocycles. The average Bonchev–Trinajstić information content (AvgIpc) is 2.79. The van der Waals surface area contributed by atoms with Crippen LogP contribution in [0.2, 0.25) is 0 Å². The zero-order chi connectivity index (χ0) is 22.7. The van der Waals surface area contributed by atoms with E-state index in [0.29, 0.717) is 11.3 Å². The smallest absolute Gasteiger partial charge is 0.336 e. The molecule has 1 aromatic heterocycles. The standard InChI is InChI=1S/C26H23NO5/c1-16-5-4-6-17(2)26(16)27-24(28)15-31-20-11-12-21-22(14-25(29)32-23(21)13-20)18-7-9-19(30-3)10-8-18/h4-14H,15H2,1-3H3,(H,27,28). The van der Waals surface area contributed by atoms with Crippen molar-refractivity contribution in [1.29, 1.82) is 0 Å². The Morgan fingerprint density at radius 1 is 0.938 bits per heavy atom. The summed E-state index contributed by atoms with van der Waals surface area (Å²) in [6.07, 6.45) is 0. The van der Waals surface area contributed by atoms with Gasteiger partial charge in [0, 0.05) is 23.2 Å². The summed E-state index contributed by atoms with van der Waals surface area (Å²) in [5.74, 6) is 0.899. The number of carbonyl (C=O) groups is 1. The first-order valence-corrected chi connectivity index (χ1v) is 10.2. The van der Waals surface area contributed by atoms with Gasteiger partial charge in [-0.3, -0.25) is 4.79 Å². The van der Waals surface area contributed by atoms with Crippen LogP contribution in [0, 0.1) is 13.8 Å². The molecule has 1 heterocycles. The van der Waals surface area contributed by atoms with Crippen LogP contribution in [-0.4, -0.2) is 19.6 Å². The summed E-state index contributed by atoms with van der Waals surface area (Å²) >= 11 is 0. The van der Waals surface area contributed by atoms with E-state index in [1.165, 1.54) is 6.07 Å². The molecule has 0 aliphatic rings. The quantitative estimate of drug-likeness (QED) is 0.431. The Morgan fingerprint density at radius 2 is 1.62 bits per heavy atom. The predicted molar refractivity (Wildman–Crippen MR) is 125 cm³/mol. The van der Waals surface area contributed by atoms with Crippen molar-refractivity contribution < 1.29 is 18.7 Å². The van der Waals surface area contributed by atoms with E-state index in [-0.39, 0.29) is 12.5 Å². The van der Waals surface area contributed by atoms with Crippen LogP contribution in [0.1, 0.15) is 11.1 Å². The van der Waals surface area contributed by atoms with Gasteiger partial charge in [-0.15, -0.1) is 0 Å². The Kier molecular flexibility index (Phi) is 5.94. The lowest BCUT2D eigenvalue weighted by molar-refractivity contribution is -0.118. The van der Waals surface area contributed by atoms with Gasteiger partial charge < -0.3 is 19.2 Å². The maximum atomic E-state index is 12.4. The van der Waals surface area contributed by atoms with Crippen LogP contribution < -0.4 is 20.4 Å². The third-order valence-corrected chi connectivity index (χ3v) is 5.23. The van der Waals surface area contributed by atoms with Crippen molar-refractivity contribution in [3.8, 4) is 22.6 Å². The Hall–Kier alpha value is -4.06. The van der Waals surface area contributed by atoms with E-state index < -0.39 is 5.63 Å². The minimum Gasteiger partial charge on any atom is -0.497 e. The number of amides is 1. The fourth-order valence-corrected chi connectivity index (χ4v) is 3.58. The number of para-hydroxylation sites is 1. The molecule has 0 spiro atoms. The summed E-state index contributed by atoms with van der Waals surface area (Å²) in [5, 5.41) is 3.65. The van der Waals surface area contributed by atoms with Gasteiger partial charge in [0.25, 0.3) is 5.91 Å². The van der Waals surface area contributed by atoms with Crippen molar-refractivity contribution in [3.63, 3.8) is 0 Å². The molecular weight excluding hydrogens is 406 g/mol. The second-order valence-corrected chi connectivity index (χ2v) is 7.47. The van der Waals surface area contributed by atoms with Crippen molar-refractivity contribution in [1.82, 2.24) is 0 Å². The second kappa shape index (κ2) is 8.98. The van der Waals surface area contributed by atoms with Crippen LogP contribution in [0.25, 0.3) is 22.1 Å². The Bertz CT molecular complexity index is 1320. The summed E-state index contributed by atoms with van der Waals surface area (Å²) in [4.78, 5) is 24.5. The Labute approximate surface area is 185 Å². The molecule has 4 rings (SSSR count). The molecule has 6 nitrogen and oxygen atoms in total. The maximum Gasteiger partial charge on any atom is 0.336 e. The van der Waals surface area contributed by atoms with Gasteiger partial charge in [-0.25, -0.2) is 4.79 Å². The minimum absolute atomic E-state index is 0.165. The van der Waals surface area contributed by atoms with Gasteiger partial charge in [0.1, 0.15) is 17.1 Å². The largest absolute Gasteiger partial charge is 0.497 e. The Morgan fingerprint density at radius 3 is 2.31 bits per heavy atom. The minimum atomic E-state index is -0.465. The highest BCUT2D eigenvalue weighted by atomic mass is 16.5. The SMILES string of the molecule is COc1ccc(-c2cc(=O)oc3cc(OCC(=O)Nc4c(C)cccc4C)ccc23)cc1. The lowest BCUT2D eigenvalue weighted by Crippen LogP contribution is -2.21. The fourth-order valence-electron chi connectivity index (χ4n) is 3.58. The van der Waals surface area contributed by atoms with Gasteiger partial charge in [0.05, 0.1) is 7.11 Å². The molecular formula is C26H23NO5. The highest BCUT2D eigenvalue weighted by molar-refractivity contribution is 5.95. The molecule has 0 saturated heterocycles. The highest BCUT2D eigenvalue weighted by Gasteiger charge is 2.11. The zero-order valence-corrected chi connectivity index (χ0v) is 18.1. The van der Waals surface area contributed by atoms with E-state index in [9.17, 15) is 9.59 Å². The van der Waals surface area contributed by atoms with Crippen LogP contribution >= 0.6 is 0 Å². The van der Waals surface area contributed by atoms with Crippen molar-refractivity contribution in [2.45, 2.75) is 13.8 Å². The molecule has 0 saturated carbocycles. The highest BCUT2D eigenvalue weighted by Crippen LogP contribution is 2.30. The van der Waals surface area contributed by atoms with Crippen LogP contribution in [-0.2, 0) is 4.79 Å². The van der Waals surface area contributed by atoms with Gasteiger partial charge in [-0.05, 0) is 60.4 Å². The van der Waals surface area contributed by atoms with Crippen LogP contribution in [0.5, 0.6) is 11.5 Å². The number of hydrogen-bond acceptors (Lipinski definition) is 5. The molecule has 162 valence electrons. The molecule has 1 N–H and O–H groups in total. The average molecular weight is 429 g/mol. The van der Waals surface area contributed by atoms with Gasteiger partial charge in [0.2, 0.25) is 0 Å². The molecule has 3 aromatic carbocycles. The molecule has 0 fully saturated rings. The summed E-state index contributed by atoms with van der Waals surface area (Å²) in [7, 11) is 1.60. The topological polar surface area (TPSA) is 77.8 Å². The molecule has 1 amide bonds. The van der Waals surface area contributed by atoms with Gasteiger partial charge in [0.15, 0.2) is 6.61 Å². The van der Waals surface area contributed by atoms with E-state index in [4.69, 9.17) is 13.9 Å². The summed E-state index contributed by atoms with van der Waals surface area (Å²) in [5.41, 5.74) is 4.29. The summed E-state index contributed by atoms with van der Waals surface area (Å²) < 4.78 is 16.2. The molecule has 4 aromatic rings. The number of nitrogens with one attached hydrogen (secondary N) is 1. The number of fused-ring (bicyclic) bond motifs is 1. The first kappa shape index (κ1) is 21.2. The van der Waals surface area contributed by atoms with E-state index in [2.05, 4.69) is 5.32 Å². The molecule has 0 bridgehead atoms. The van der Waals surface area contributed by atoms with Crippen molar-refractivity contribution in [3.05, 3.63) is 88.3 Å². The van der Waals surface area contributed by atoms with Crippen LogP contribution in [0.4, 0.5) is 5.69 Å². The van der Waals surface area contributed by atoms with E-state index >= 15 is 0 Å². The van der Waals surface area contributed by atoms with E-state index in [0.717, 1.165) is 39.1 Å². The molecule has 0 aliphatic carbocycles. The number of hydrogen-bond donors (Lipinski definition) is 1. The number of aryl methyl sites for hydroxylation is 2. The van der Waals surface area contributed by atoms with Crippen LogP contribution in [0.3, 0.4) is 0 Å². The molecule has 0 unspecified atom stereocenters. The summed E-state index contributed by atoms with van der Waals surface area (Å²) in [6, 6.07) is 19.9. The zero-order valence-electron chi connectivity index (χ0n) is 18.1. The third kappa shape index (κ3) is 4.49. The maximum absolute atomic E-state index is 12.4. The van der Waals surface area contributed by atoms with Gasteiger partial charge >= 0.3 is 5.63 Å². The lowest BCUT2D eigenvalue weighted by Gasteiger charge is -2.12. The number of benzene rings is 3. The van der Waals surface area contributed by atoms with Crippen molar-refractivity contribution >= 4 is 22.6 Å². The second-order valence-electron chi connectivity index (χ2n) is 7.47.